The molecule has 148 valence electrons. The fourth-order valence-corrected chi connectivity index (χ4v) is 4.22. The molecule has 0 spiro atoms. The molecule has 0 aromatic heterocycles. The summed E-state index contributed by atoms with van der Waals surface area (Å²) in [6, 6.07) is 12.6. The van der Waals surface area contributed by atoms with Crippen LogP contribution in [0.1, 0.15) is 27.9 Å². The van der Waals surface area contributed by atoms with E-state index in [0.717, 1.165) is 16.3 Å². The monoisotopic (exact) mass is 418 g/mol. The molecule has 0 saturated carbocycles. The Morgan fingerprint density at radius 1 is 1.11 bits per heavy atom. The fraction of sp³-hybridized carbons (Fsp3) is 0.286. The Bertz CT molecular complexity index is 1030. The van der Waals surface area contributed by atoms with Gasteiger partial charge < -0.3 is 4.90 Å². The molecule has 3 rings (SSSR count). The summed E-state index contributed by atoms with van der Waals surface area (Å²) in [5.74, 6) is -0.264. The van der Waals surface area contributed by atoms with Crippen LogP contribution in [-0.4, -0.2) is 50.7 Å². The Labute approximate surface area is 171 Å². The standard InChI is InChI=1S/C21H23ClN2O3S/c1-15-4-6-16(7-5-15)17-10-12-24(13-11-17)21(25)19-14-18(8-9-20(19)22)28(26,27)23(2)3/h4-10,14H,11-13H2,1-3H3. The van der Waals surface area contributed by atoms with Crippen LogP contribution >= 0.6 is 11.6 Å². The molecule has 0 fully saturated rings. The lowest BCUT2D eigenvalue weighted by Gasteiger charge is -2.27. The lowest BCUT2D eigenvalue weighted by Crippen LogP contribution is -2.35. The number of hydrogen-bond donors (Lipinski definition) is 0. The number of halogens is 1. The molecule has 0 atom stereocenters. The maximum Gasteiger partial charge on any atom is 0.255 e. The minimum Gasteiger partial charge on any atom is -0.335 e. The zero-order chi connectivity index (χ0) is 20.5. The van der Waals surface area contributed by atoms with E-state index in [1.165, 1.54) is 43.4 Å². The number of carbonyl (C=O) groups is 1. The number of sulfonamides is 1. The highest BCUT2D eigenvalue weighted by atomic mass is 35.5. The van der Waals surface area contributed by atoms with Crippen LogP contribution in [0, 0.1) is 6.92 Å². The number of nitrogens with zero attached hydrogens (tertiary/aromatic N) is 2. The van der Waals surface area contributed by atoms with E-state index in [0.29, 0.717) is 13.1 Å². The van der Waals surface area contributed by atoms with Crippen LogP contribution < -0.4 is 0 Å². The highest BCUT2D eigenvalue weighted by Crippen LogP contribution is 2.27. The van der Waals surface area contributed by atoms with Gasteiger partial charge in [-0.3, -0.25) is 4.79 Å². The summed E-state index contributed by atoms with van der Waals surface area (Å²) in [7, 11) is -0.733. The second kappa shape index (κ2) is 8.07. The Hall–Kier alpha value is -2.15. The summed E-state index contributed by atoms with van der Waals surface area (Å²) in [4.78, 5) is 14.7. The summed E-state index contributed by atoms with van der Waals surface area (Å²) in [6.07, 6.45) is 2.78. The molecule has 0 N–H and O–H groups in total. The zero-order valence-electron chi connectivity index (χ0n) is 16.1. The average molecular weight is 419 g/mol. The number of amides is 1. The van der Waals surface area contributed by atoms with Crippen molar-refractivity contribution in [2.75, 3.05) is 27.2 Å². The third-order valence-corrected chi connectivity index (χ3v) is 7.01. The lowest BCUT2D eigenvalue weighted by molar-refractivity contribution is 0.0773. The van der Waals surface area contributed by atoms with Crippen molar-refractivity contribution in [3.8, 4) is 0 Å². The van der Waals surface area contributed by atoms with Crippen LogP contribution in [-0.2, 0) is 10.0 Å². The van der Waals surface area contributed by atoms with Crippen LogP contribution in [0.2, 0.25) is 5.02 Å². The zero-order valence-corrected chi connectivity index (χ0v) is 17.7. The quantitative estimate of drug-likeness (QED) is 0.758. The van der Waals surface area contributed by atoms with Crippen molar-refractivity contribution in [2.45, 2.75) is 18.2 Å². The highest BCUT2D eigenvalue weighted by molar-refractivity contribution is 7.89. The van der Waals surface area contributed by atoms with Gasteiger partial charge in [-0.1, -0.05) is 47.5 Å². The van der Waals surface area contributed by atoms with Crippen LogP contribution in [0.4, 0.5) is 0 Å². The first-order chi connectivity index (χ1) is 13.2. The van der Waals surface area contributed by atoms with E-state index in [1.807, 2.05) is 13.0 Å². The van der Waals surface area contributed by atoms with Crippen molar-refractivity contribution in [2.24, 2.45) is 0 Å². The summed E-state index contributed by atoms with van der Waals surface area (Å²) in [5.41, 5.74) is 3.78. The maximum atomic E-state index is 13.0. The SMILES string of the molecule is Cc1ccc(C2=CCN(C(=O)c3cc(S(=O)(=O)N(C)C)ccc3Cl)CC2)cc1. The van der Waals surface area contributed by atoms with Crippen molar-refractivity contribution >= 4 is 33.1 Å². The van der Waals surface area contributed by atoms with Crippen LogP contribution in [0.5, 0.6) is 0 Å². The topological polar surface area (TPSA) is 57.7 Å². The average Bonchev–Trinajstić information content (AvgIpc) is 2.68. The fourth-order valence-electron chi connectivity index (χ4n) is 3.09. The van der Waals surface area contributed by atoms with E-state index in [4.69, 9.17) is 11.6 Å². The van der Waals surface area contributed by atoms with Gasteiger partial charge >= 0.3 is 0 Å². The van der Waals surface area contributed by atoms with Crippen LogP contribution in [0.15, 0.2) is 53.4 Å². The van der Waals surface area contributed by atoms with Crippen molar-refractivity contribution in [3.63, 3.8) is 0 Å². The van der Waals surface area contributed by atoms with E-state index in [1.54, 1.807) is 4.90 Å². The van der Waals surface area contributed by atoms with Crippen LogP contribution in [0.25, 0.3) is 5.57 Å². The Morgan fingerprint density at radius 2 is 1.79 bits per heavy atom. The third-order valence-electron chi connectivity index (χ3n) is 4.87. The number of carbonyl (C=O) groups excluding carboxylic acids is 1. The van der Waals surface area contributed by atoms with Crippen molar-refractivity contribution in [3.05, 3.63) is 70.3 Å². The van der Waals surface area contributed by atoms with E-state index >= 15 is 0 Å². The Balaban J connectivity index is 1.83. The number of rotatable bonds is 4. The molecule has 7 heteroatoms. The minimum atomic E-state index is -3.64. The Morgan fingerprint density at radius 3 is 2.36 bits per heavy atom. The Kier molecular flexibility index (Phi) is 5.93. The van der Waals surface area contributed by atoms with Gasteiger partial charge in [-0.05, 0) is 42.7 Å². The largest absolute Gasteiger partial charge is 0.335 e. The van der Waals surface area contributed by atoms with Crippen molar-refractivity contribution in [1.82, 2.24) is 9.21 Å². The summed E-state index contributed by atoms with van der Waals surface area (Å²) < 4.78 is 25.8. The first-order valence-corrected chi connectivity index (χ1v) is 10.8. The van der Waals surface area contributed by atoms with Gasteiger partial charge in [0.1, 0.15) is 0 Å². The maximum absolute atomic E-state index is 13.0. The summed E-state index contributed by atoms with van der Waals surface area (Å²) in [6.45, 7) is 3.07. The van der Waals surface area contributed by atoms with Crippen LogP contribution in [0.3, 0.4) is 0 Å². The van der Waals surface area contributed by atoms with E-state index in [9.17, 15) is 13.2 Å². The second-order valence-electron chi connectivity index (χ2n) is 7.03. The van der Waals surface area contributed by atoms with Gasteiger partial charge in [0.25, 0.3) is 5.91 Å². The van der Waals surface area contributed by atoms with Gasteiger partial charge in [-0.15, -0.1) is 0 Å². The molecular formula is C21H23ClN2O3S. The lowest BCUT2D eigenvalue weighted by atomic mass is 9.98. The second-order valence-corrected chi connectivity index (χ2v) is 9.58. The molecule has 0 bridgehead atoms. The van der Waals surface area contributed by atoms with E-state index < -0.39 is 10.0 Å². The normalized spacial score (nSPS) is 14.9. The molecule has 0 aliphatic carbocycles. The molecule has 1 amide bonds. The molecule has 0 unspecified atom stereocenters. The molecule has 1 heterocycles. The first kappa shape index (κ1) is 20.6. The number of aryl methyl sites for hydroxylation is 1. The van der Waals surface area contributed by atoms with Gasteiger partial charge in [0, 0.05) is 27.2 Å². The van der Waals surface area contributed by atoms with Gasteiger partial charge in [0.05, 0.1) is 15.5 Å². The molecule has 1 aliphatic heterocycles. The number of benzene rings is 2. The van der Waals surface area contributed by atoms with Crippen molar-refractivity contribution < 1.29 is 13.2 Å². The van der Waals surface area contributed by atoms with Crippen molar-refractivity contribution in [1.29, 1.82) is 0 Å². The molecule has 0 saturated heterocycles. The highest BCUT2D eigenvalue weighted by Gasteiger charge is 2.24. The molecule has 0 radical (unpaired) electrons. The summed E-state index contributed by atoms with van der Waals surface area (Å²) >= 11 is 6.21. The molecule has 2 aromatic rings. The van der Waals surface area contributed by atoms with Gasteiger partial charge in [0.15, 0.2) is 0 Å². The molecule has 2 aromatic carbocycles. The molecule has 28 heavy (non-hydrogen) atoms. The predicted molar refractivity (Wildman–Crippen MR) is 112 cm³/mol. The van der Waals surface area contributed by atoms with Gasteiger partial charge in [0.2, 0.25) is 10.0 Å². The summed E-state index contributed by atoms with van der Waals surface area (Å²) in [5, 5.41) is 0.246. The van der Waals surface area contributed by atoms with E-state index in [-0.39, 0.29) is 21.4 Å². The first-order valence-electron chi connectivity index (χ1n) is 8.97. The third kappa shape index (κ3) is 4.14. The number of hydrogen-bond acceptors (Lipinski definition) is 3. The molecular weight excluding hydrogens is 396 g/mol. The van der Waals surface area contributed by atoms with Gasteiger partial charge in [-0.25, -0.2) is 12.7 Å². The smallest absolute Gasteiger partial charge is 0.255 e. The predicted octanol–water partition coefficient (Wildman–Crippen LogP) is 3.83. The van der Waals surface area contributed by atoms with Gasteiger partial charge in [-0.2, -0.15) is 0 Å². The van der Waals surface area contributed by atoms with E-state index in [2.05, 4.69) is 24.3 Å². The molecule has 1 aliphatic rings. The minimum absolute atomic E-state index is 0.0538. The molecule has 5 nitrogen and oxygen atoms in total.